The number of benzene rings is 1. The number of carbonyl (C=O) groups is 2. The number of nitrogen functional groups attached to an aromatic ring is 1. The zero-order valence-corrected chi connectivity index (χ0v) is 19.9. The zero-order chi connectivity index (χ0) is 22.5. The minimum Gasteiger partial charge on any atom is -0.384 e. The first-order valence-corrected chi connectivity index (χ1v) is 11.4. The van der Waals surface area contributed by atoms with Gasteiger partial charge in [0.2, 0.25) is 11.8 Å². The Balaban J connectivity index is 1.45. The van der Waals surface area contributed by atoms with E-state index in [0.717, 1.165) is 35.1 Å². The Kier molecular flexibility index (Phi) is 7.91. The number of anilines is 1. The van der Waals surface area contributed by atoms with Crippen LogP contribution in [0.3, 0.4) is 0 Å². The van der Waals surface area contributed by atoms with Gasteiger partial charge in [-0.05, 0) is 84.4 Å². The first-order valence-electron chi connectivity index (χ1n) is 10.2. The summed E-state index contributed by atoms with van der Waals surface area (Å²) in [4.78, 5) is 29.2. The molecule has 0 radical (unpaired) electrons. The maximum absolute atomic E-state index is 12.6. The van der Waals surface area contributed by atoms with Gasteiger partial charge in [-0.2, -0.15) is 0 Å². The smallest absolute Gasteiger partial charge is 0.242 e. The molecule has 1 aliphatic rings. The lowest BCUT2D eigenvalue weighted by Crippen LogP contribution is -2.50. The molecule has 9 heteroatoms. The fourth-order valence-electron chi connectivity index (χ4n) is 3.68. The lowest BCUT2D eigenvalue weighted by molar-refractivity contribution is -0.129. The van der Waals surface area contributed by atoms with Crippen molar-refractivity contribution in [1.82, 2.24) is 20.9 Å². The Morgan fingerprint density at radius 3 is 2.84 bits per heavy atom. The summed E-state index contributed by atoms with van der Waals surface area (Å²) in [6.07, 6.45) is 1.58. The molecular weight excluding hydrogens is 482 g/mol. The Labute approximate surface area is 195 Å². The second-order valence-electron chi connectivity index (χ2n) is 7.94. The quantitative estimate of drug-likeness (QED) is 0.460. The molecule has 5 N–H and O–H groups in total. The topological polar surface area (TPSA) is 109 Å². The van der Waals surface area contributed by atoms with Crippen LogP contribution in [0.4, 0.5) is 5.82 Å². The molecule has 31 heavy (non-hydrogen) atoms. The third kappa shape index (κ3) is 6.41. The van der Waals surface area contributed by atoms with E-state index in [1.165, 1.54) is 5.56 Å². The summed E-state index contributed by atoms with van der Waals surface area (Å²) >= 11 is 9.50. The molecule has 2 aromatic rings. The van der Waals surface area contributed by atoms with Gasteiger partial charge in [0.1, 0.15) is 11.9 Å². The van der Waals surface area contributed by atoms with Crippen molar-refractivity contribution in [2.24, 2.45) is 5.92 Å². The fraction of sp³-hybridized carbons (Fsp3) is 0.409. The van der Waals surface area contributed by atoms with E-state index in [4.69, 9.17) is 17.3 Å². The summed E-state index contributed by atoms with van der Waals surface area (Å²) < 4.78 is 0.872. The number of aromatic nitrogens is 1. The van der Waals surface area contributed by atoms with Crippen molar-refractivity contribution in [3.63, 3.8) is 0 Å². The molecule has 1 aromatic heterocycles. The summed E-state index contributed by atoms with van der Waals surface area (Å²) in [7, 11) is 0. The highest BCUT2D eigenvalue weighted by molar-refractivity contribution is 9.10. The molecule has 0 bridgehead atoms. The van der Waals surface area contributed by atoms with Crippen LogP contribution >= 0.6 is 27.5 Å². The second-order valence-corrected chi connectivity index (χ2v) is 9.21. The van der Waals surface area contributed by atoms with Crippen LogP contribution in [0.1, 0.15) is 30.2 Å². The van der Waals surface area contributed by atoms with Gasteiger partial charge in [-0.3, -0.25) is 9.59 Å². The molecular formula is C22H27BrClN5O2. The van der Waals surface area contributed by atoms with Gasteiger partial charge in [0.15, 0.2) is 0 Å². The van der Waals surface area contributed by atoms with E-state index < -0.39 is 6.04 Å². The molecule has 3 atom stereocenters. The molecule has 0 saturated carbocycles. The molecule has 3 rings (SSSR count). The average Bonchev–Trinajstić information content (AvgIpc) is 3.18. The van der Waals surface area contributed by atoms with Crippen molar-refractivity contribution < 1.29 is 9.59 Å². The van der Waals surface area contributed by atoms with Gasteiger partial charge in [-0.25, -0.2) is 4.98 Å². The lowest BCUT2D eigenvalue weighted by atomic mass is 9.96. The van der Waals surface area contributed by atoms with Crippen molar-refractivity contribution in [3.05, 3.63) is 56.6 Å². The molecule has 1 saturated heterocycles. The van der Waals surface area contributed by atoms with E-state index in [-0.39, 0.29) is 17.9 Å². The molecule has 1 fully saturated rings. The summed E-state index contributed by atoms with van der Waals surface area (Å²) in [6, 6.07) is 8.48. The predicted octanol–water partition coefficient (Wildman–Crippen LogP) is 2.73. The number of amides is 2. The van der Waals surface area contributed by atoms with E-state index in [9.17, 15) is 9.59 Å². The number of pyridine rings is 1. The highest BCUT2D eigenvalue weighted by Gasteiger charge is 2.31. The van der Waals surface area contributed by atoms with Crippen molar-refractivity contribution in [2.45, 2.75) is 45.3 Å². The van der Waals surface area contributed by atoms with Gasteiger partial charge in [-0.1, -0.05) is 23.7 Å². The molecule has 166 valence electrons. The highest BCUT2D eigenvalue weighted by atomic mass is 79.9. The van der Waals surface area contributed by atoms with Gasteiger partial charge in [0.25, 0.3) is 0 Å². The number of nitrogens with two attached hydrogens (primary N) is 1. The van der Waals surface area contributed by atoms with Crippen molar-refractivity contribution in [2.75, 3.05) is 12.3 Å². The summed E-state index contributed by atoms with van der Waals surface area (Å²) in [5.41, 5.74) is 8.48. The summed E-state index contributed by atoms with van der Waals surface area (Å²) in [5, 5.41) is 9.59. The van der Waals surface area contributed by atoms with Crippen molar-refractivity contribution in [1.29, 1.82) is 0 Å². The third-order valence-corrected chi connectivity index (χ3v) is 6.68. The van der Waals surface area contributed by atoms with Gasteiger partial charge in [0, 0.05) is 16.7 Å². The lowest BCUT2D eigenvalue weighted by Gasteiger charge is -2.17. The molecule has 1 aliphatic heterocycles. The predicted molar refractivity (Wildman–Crippen MR) is 126 cm³/mol. The van der Waals surface area contributed by atoms with Crippen LogP contribution in [-0.2, 0) is 22.6 Å². The monoisotopic (exact) mass is 507 g/mol. The molecule has 2 amide bonds. The fourth-order valence-corrected chi connectivity index (χ4v) is 4.22. The highest BCUT2D eigenvalue weighted by Crippen LogP contribution is 2.26. The van der Waals surface area contributed by atoms with Crippen LogP contribution < -0.4 is 21.7 Å². The number of nitrogens with zero attached hydrogens (tertiary/aromatic N) is 1. The SMILES string of the molecule is Cc1nc(N)ccc1CNC(=O)[C@H](C)NC(=O)[C@H]1C[C@H](Cc2ccc(Cl)c(Br)c2)CN1. The number of hydrogen-bond donors (Lipinski definition) is 4. The second kappa shape index (κ2) is 10.4. The molecule has 0 spiro atoms. The van der Waals surface area contributed by atoms with Crippen LogP contribution in [0.15, 0.2) is 34.8 Å². The largest absolute Gasteiger partial charge is 0.384 e. The first-order chi connectivity index (χ1) is 14.7. The minimum absolute atomic E-state index is 0.159. The number of nitrogens with one attached hydrogen (secondary N) is 3. The zero-order valence-electron chi connectivity index (χ0n) is 17.5. The average molecular weight is 509 g/mol. The standard InChI is InChI=1S/C22H27BrClN5O2/c1-12-16(4-6-20(25)28-12)11-27-21(30)13(2)29-22(31)19-9-15(10-26-19)7-14-3-5-18(24)17(23)8-14/h3-6,8,13,15,19,26H,7,9-11H2,1-2H3,(H2,25,28)(H,27,30)(H,29,31)/t13-,15-,19+/m0/s1. The first kappa shape index (κ1) is 23.5. The Hall–Kier alpha value is -2.16. The molecule has 0 unspecified atom stereocenters. The third-order valence-electron chi connectivity index (χ3n) is 5.47. The van der Waals surface area contributed by atoms with Crippen molar-refractivity contribution >= 4 is 45.2 Å². The Morgan fingerprint density at radius 2 is 2.13 bits per heavy atom. The molecule has 0 aliphatic carbocycles. The van der Waals surface area contributed by atoms with E-state index in [2.05, 4.69) is 36.9 Å². The van der Waals surface area contributed by atoms with Gasteiger partial charge >= 0.3 is 0 Å². The molecule has 1 aromatic carbocycles. The summed E-state index contributed by atoms with van der Waals surface area (Å²) in [6.45, 7) is 4.61. The van der Waals surface area contributed by atoms with Crippen LogP contribution in [0.5, 0.6) is 0 Å². The molecule has 7 nitrogen and oxygen atoms in total. The Morgan fingerprint density at radius 1 is 1.35 bits per heavy atom. The van der Waals surface area contributed by atoms with E-state index >= 15 is 0 Å². The number of halogens is 2. The van der Waals surface area contributed by atoms with Crippen LogP contribution in [0, 0.1) is 12.8 Å². The van der Waals surface area contributed by atoms with Crippen LogP contribution in [-0.4, -0.2) is 35.4 Å². The van der Waals surface area contributed by atoms with Gasteiger partial charge in [0.05, 0.1) is 11.1 Å². The maximum Gasteiger partial charge on any atom is 0.242 e. The minimum atomic E-state index is -0.636. The molecule has 2 heterocycles. The van der Waals surface area contributed by atoms with Crippen molar-refractivity contribution in [3.8, 4) is 0 Å². The number of rotatable bonds is 7. The maximum atomic E-state index is 12.6. The number of hydrogen-bond acceptors (Lipinski definition) is 5. The Bertz CT molecular complexity index is 971. The van der Waals surface area contributed by atoms with Gasteiger partial charge in [-0.15, -0.1) is 0 Å². The van der Waals surface area contributed by atoms with E-state index in [0.29, 0.717) is 23.3 Å². The van der Waals surface area contributed by atoms with Crippen LogP contribution in [0.2, 0.25) is 5.02 Å². The number of carbonyl (C=O) groups excluding carboxylic acids is 2. The number of aryl methyl sites for hydroxylation is 1. The van der Waals surface area contributed by atoms with Crippen LogP contribution in [0.25, 0.3) is 0 Å². The van der Waals surface area contributed by atoms with E-state index in [1.54, 1.807) is 13.0 Å². The normalized spacial score (nSPS) is 19.1. The van der Waals surface area contributed by atoms with E-state index in [1.807, 2.05) is 31.2 Å². The summed E-state index contributed by atoms with van der Waals surface area (Å²) in [5.74, 6) is 0.381. The van der Waals surface area contributed by atoms with Gasteiger partial charge < -0.3 is 21.7 Å².